The third-order valence-corrected chi connectivity index (χ3v) is 5.08. The van der Waals surface area contributed by atoms with E-state index in [0.29, 0.717) is 18.0 Å². The Kier molecular flexibility index (Phi) is 5.00. The predicted octanol–water partition coefficient (Wildman–Crippen LogP) is 3.18. The van der Waals surface area contributed by atoms with Gasteiger partial charge >= 0.3 is 0 Å². The van der Waals surface area contributed by atoms with Crippen LogP contribution in [0.1, 0.15) is 63.8 Å². The molecule has 0 unspecified atom stereocenters. The van der Waals surface area contributed by atoms with Gasteiger partial charge in [-0.15, -0.1) is 0 Å². The Hall–Kier alpha value is -1.42. The van der Waals surface area contributed by atoms with Crippen molar-refractivity contribution in [3.05, 3.63) is 29.6 Å². The summed E-state index contributed by atoms with van der Waals surface area (Å²) in [6.07, 6.45) is 4.79. The Morgan fingerprint density at radius 2 is 2.13 bits per heavy atom. The van der Waals surface area contributed by atoms with Crippen molar-refractivity contribution in [2.45, 2.75) is 71.0 Å². The fraction of sp³-hybridized carbons (Fsp3) is 0.684. The first-order valence-electron chi connectivity index (χ1n) is 9.01. The van der Waals surface area contributed by atoms with Crippen LogP contribution in [0.3, 0.4) is 0 Å². The van der Waals surface area contributed by atoms with Crippen LogP contribution in [0.25, 0.3) is 0 Å². The van der Waals surface area contributed by atoms with Gasteiger partial charge in [0.25, 0.3) is 0 Å². The van der Waals surface area contributed by atoms with E-state index in [1.807, 2.05) is 0 Å². The second-order valence-corrected chi connectivity index (χ2v) is 7.38. The van der Waals surface area contributed by atoms with E-state index < -0.39 is 0 Å². The number of nitrogens with zero attached hydrogens (tertiary/aromatic N) is 3. The molecule has 23 heavy (non-hydrogen) atoms. The summed E-state index contributed by atoms with van der Waals surface area (Å²) in [7, 11) is 0. The highest BCUT2D eigenvalue weighted by Crippen LogP contribution is 2.29. The SMILES string of the molecule is CC(=O)N(C[C@@H]1CCCN1Cc1cccc(C(C)C)n1)C1CC1. The number of amides is 1. The van der Waals surface area contributed by atoms with E-state index in [1.165, 1.54) is 31.4 Å². The molecule has 1 aliphatic heterocycles. The summed E-state index contributed by atoms with van der Waals surface area (Å²) in [5, 5.41) is 0. The highest BCUT2D eigenvalue weighted by molar-refractivity contribution is 5.74. The molecule has 1 saturated heterocycles. The minimum absolute atomic E-state index is 0.235. The molecular weight excluding hydrogens is 286 g/mol. The van der Waals surface area contributed by atoms with Gasteiger partial charge in [-0.2, -0.15) is 0 Å². The molecule has 4 nitrogen and oxygen atoms in total. The average molecular weight is 315 g/mol. The van der Waals surface area contributed by atoms with Crippen molar-refractivity contribution >= 4 is 5.91 Å². The molecule has 0 radical (unpaired) electrons. The molecule has 1 amide bonds. The molecule has 1 saturated carbocycles. The molecular formula is C19H29N3O. The third kappa shape index (κ3) is 4.11. The van der Waals surface area contributed by atoms with Crippen molar-refractivity contribution in [1.82, 2.24) is 14.8 Å². The van der Waals surface area contributed by atoms with Gasteiger partial charge in [0, 0.05) is 37.8 Å². The number of carbonyl (C=O) groups is 1. The van der Waals surface area contributed by atoms with E-state index in [-0.39, 0.29) is 5.91 Å². The van der Waals surface area contributed by atoms with E-state index >= 15 is 0 Å². The van der Waals surface area contributed by atoms with Crippen LogP contribution < -0.4 is 0 Å². The van der Waals surface area contributed by atoms with Crippen LogP contribution >= 0.6 is 0 Å². The molecule has 1 aromatic rings. The zero-order valence-electron chi connectivity index (χ0n) is 14.7. The van der Waals surface area contributed by atoms with Crippen molar-refractivity contribution in [3.63, 3.8) is 0 Å². The Labute approximate surface area is 139 Å². The minimum atomic E-state index is 0.235. The van der Waals surface area contributed by atoms with E-state index in [2.05, 4.69) is 41.8 Å². The number of carbonyl (C=O) groups excluding carboxylic acids is 1. The number of likely N-dealkylation sites (tertiary alicyclic amines) is 1. The van der Waals surface area contributed by atoms with Crippen LogP contribution in [-0.4, -0.2) is 45.9 Å². The summed E-state index contributed by atoms with van der Waals surface area (Å²) in [6.45, 7) is 9.00. The number of hydrogen-bond acceptors (Lipinski definition) is 3. The van der Waals surface area contributed by atoms with Crippen LogP contribution in [0.2, 0.25) is 0 Å². The number of aromatic nitrogens is 1. The smallest absolute Gasteiger partial charge is 0.219 e. The van der Waals surface area contributed by atoms with Crippen LogP contribution in [0.4, 0.5) is 0 Å². The zero-order valence-corrected chi connectivity index (χ0v) is 14.7. The molecule has 4 heteroatoms. The lowest BCUT2D eigenvalue weighted by molar-refractivity contribution is -0.130. The Morgan fingerprint density at radius 1 is 1.35 bits per heavy atom. The molecule has 2 fully saturated rings. The summed E-state index contributed by atoms with van der Waals surface area (Å²) in [5.41, 5.74) is 2.32. The number of hydrogen-bond donors (Lipinski definition) is 0. The van der Waals surface area contributed by atoms with Gasteiger partial charge in [0.15, 0.2) is 0 Å². The number of pyridine rings is 1. The van der Waals surface area contributed by atoms with Crippen LogP contribution in [-0.2, 0) is 11.3 Å². The fourth-order valence-corrected chi connectivity index (χ4v) is 3.57. The quantitative estimate of drug-likeness (QED) is 0.809. The summed E-state index contributed by atoms with van der Waals surface area (Å²) in [4.78, 5) is 21.3. The van der Waals surface area contributed by atoms with Crippen LogP contribution in [0, 0.1) is 0 Å². The highest BCUT2D eigenvalue weighted by Gasteiger charge is 2.35. The van der Waals surface area contributed by atoms with Gasteiger partial charge in [-0.3, -0.25) is 14.7 Å². The normalized spacial score (nSPS) is 21.8. The lowest BCUT2D eigenvalue weighted by atomic mass is 10.1. The van der Waals surface area contributed by atoms with E-state index in [0.717, 1.165) is 25.3 Å². The van der Waals surface area contributed by atoms with E-state index in [9.17, 15) is 4.79 Å². The highest BCUT2D eigenvalue weighted by atomic mass is 16.2. The van der Waals surface area contributed by atoms with Gasteiger partial charge in [0.1, 0.15) is 0 Å². The van der Waals surface area contributed by atoms with Gasteiger partial charge in [-0.05, 0) is 50.3 Å². The third-order valence-electron chi connectivity index (χ3n) is 5.08. The first-order valence-corrected chi connectivity index (χ1v) is 9.01. The van der Waals surface area contributed by atoms with Crippen molar-refractivity contribution < 1.29 is 4.79 Å². The second kappa shape index (κ2) is 7.00. The molecule has 2 heterocycles. The lowest BCUT2D eigenvalue weighted by Crippen LogP contribution is -2.43. The lowest BCUT2D eigenvalue weighted by Gasteiger charge is -2.30. The van der Waals surface area contributed by atoms with Gasteiger partial charge < -0.3 is 4.90 Å². The molecule has 126 valence electrons. The zero-order chi connectivity index (χ0) is 16.4. The molecule has 1 atom stereocenters. The summed E-state index contributed by atoms with van der Waals surface area (Å²) >= 11 is 0. The van der Waals surface area contributed by atoms with Gasteiger partial charge in [0.05, 0.1) is 5.69 Å². The second-order valence-electron chi connectivity index (χ2n) is 7.38. The maximum atomic E-state index is 11.9. The molecule has 1 aromatic heterocycles. The monoisotopic (exact) mass is 315 g/mol. The van der Waals surface area contributed by atoms with Crippen molar-refractivity contribution in [1.29, 1.82) is 0 Å². The standard InChI is InChI=1S/C19H29N3O/c1-14(2)19-8-4-6-16(20-19)12-21-11-5-7-18(21)13-22(15(3)23)17-9-10-17/h4,6,8,14,17-18H,5,7,9-13H2,1-3H3/t18-/m0/s1. The summed E-state index contributed by atoms with van der Waals surface area (Å²) < 4.78 is 0. The molecule has 2 aliphatic rings. The van der Waals surface area contributed by atoms with Crippen LogP contribution in [0.5, 0.6) is 0 Å². The van der Waals surface area contributed by atoms with Crippen molar-refractivity contribution in [2.75, 3.05) is 13.1 Å². The van der Waals surface area contributed by atoms with Gasteiger partial charge in [0.2, 0.25) is 5.91 Å². The molecule has 3 rings (SSSR count). The fourth-order valence-electron chi connectivity index (χ4n) is 3.57. The predicted molar refractivity (Wildman–Crippen MR) is 92.2 cm³/mol. The summed E-state index contributed by atoms with van der Waals surface area (Å²) in [6, 6.07) is 7.36. The largest absolute Gasteiger partial charge is 0.338 e. The topological polar surface area (TPSA) is 36.4 Å². The molecule has 1 aliphatic carbocycles. The van der Waals surface area contributed by atoms with E-state index in [1.54, 1.807) is 6.92 Å². The number of rotatable bonds is 6. The van der Waals surface area contributed by atoms with Gasteiger partial charge in [-0.25, -0.2) is 0 Å². The minimum Gasteiger partial charge on any atom is -0.338 e. The molecule has 0 spiro atoms. The van der Waals surface area contributed by atoms with Gasteiger partial charge in [-0.1, -0.05) is 19.9 Å². The maximum Gasteiger partial charge on any atom is 0.219 e. The Bertz CT molecular complexity index is 553. The molecule has 0 aromatic carbocycles. The molecule has 0 bridgehead atoms. The van der Waals surface area contributed by atoms with Crippen molar-refractivity contribution in [2.24, 2.45) is 0 Å². The van der Waals surface area contributed by atoms with Crippen LogP contribution in [0.15, 0.2) is 18.2 Å². The Morgan fingerprint density at radius 3 is 2.78 bits per heavy atom. The Balaban J connectivity index is 1.64. The maximum absolute atomic E-state index is 11.9. The first-order chi connectivity index (χ1) is 11.0. The van der Waals surface area contributed by atoms with E-state index in [4.69, 9.17) is 4.98 Å². The average Bonchev–Trinajstić information content (AvgIpc) is 3.26. The summed E-state index contributed by atoms with van der Waals surface area (Å²) in [5.74, 6) is 0.701. The first kappa shape index (κ1) is 16.4. The van der Waals surface area contributed by atoms with Crippen molar-refractivity contribution in [3.8, 4) is 0 Å². The molecule has 0 N–H and O–H groups in total.